The topological polar surface area (TPSA) is 77.2 Å². The first-order valence-corrected chi connectivity index (χ1v) is 11.0. The highest BCUT2D eigenvalue weighted by Gasteiger charge is 2.29. The summed E-state index contributed by atoms with van der Waals surface area (Å²) in [5.74, 6) is -0.620. The van der Waals surface area contributed by atoms with Crippen molar-refractivity contribution in [2.24, 2.45) is 0 Å². The molecule has 4 rings (SSSR count). The maximum atomic E-state index is 13.7. The van der Waals surface area contributed by atoms with Crippen molar-refractivity contribution in [3.8, 4) is 11.3 Å². The standard InChI is InChI=1S/C19H15FN4O2S2/c1-12-10-16(13-6-8-21-9-7-13)24-18(22-12)17(19(23-24)27-2)28(25,26)15-5-3-4-14(20)11-15/h3-11H,1-2H3. The fourth-order valence-corrected chi connectivity index (χ4v) is 5.37. The molecule has 0 unspecified atom stereocenters. The van der Waals surface area contributed by atoms with Gasteiger partial charge in [-0.25, -0.2) is 22.3 Å². The summed E-state index contributed by atoms with van der Waals surface area (Å²) >= 11 is 1.20. The number of nitrogens with zero attached hydrogens (tertiary/aromatic N) is 4. The van der Waals surface area contributed by atoms with Crippen LogP contribution in [0.2, 0.25) is 0 Å². The summed E-state index contributed by atoms with van der Waals surface area (Å²) in [7, 11) is -4.02. The van der Waals surface area contributed by atoms with Gasteiger partial charge in [-0.2, -0.15) is 5.10 Å². The van der Waals surface area contributed by atoms with E-state index in [-0.39, 0.29) is 15.4 Å². The van der Waals surface area contributed by atoms with Crippen LogP contribution in [0.5, 0.6) is 0 Å². The Labute approximate surface area is 165 Å². The van der Waals surface area contributed by atoms with Gasteiger partial charge < -0.3 is 0 Å². The maximum Gasteiger partial charge on any atom is 0.213 e. The summed E-state index contributed by atoms with van der Waals surface area (Å²) in [4.78, 5) is 8.31. The summed E-state index contributed by atoms with van der Waals surface area (Å²) in [6.07, 6.45) is 5.05. The Kier molecular flexibility index (Phi) is 4.64. The maximum absolute atomic E-state index is 13.7. The normalized spacial score (nSPS) is 11.8. The molecule has 0 amide bonds. The predicted octanol–water partition coefficient (Wildman–Crippen LogP) is 3.79. The predicted molar refractivity (Wildman–Crippen MR) is 105 cm³/mol. The Hall–Kier alpha value is -2.78. The second kappa shape index (κ2) is 6.99. The quantitative estimate of drug-likeness (QED) is 0.473. The van der Waals surface area contributed by atoms with Crippen molar-refractivity contribution in [1.82, 2.24) is 19.6 Å². The molecule has 6 nitrogen and oxygen atoms in total. The number of pyridine rings is 1. The van der Waals surface area contributed by atoms with Crippen molar-refractivity contribution < 1.29 is 12.8 Å². The van der Waals surface area contributed by atoms with Gasteiger partial charge in [0.1, 0.15) is 10.8 Å². The van der Waals surface area contributed by atoms with E-state index in [0.29, 0.717) is 16.4 Å². The van der Waals surface area contributed by atoms with E-state index in [1.165, 1.54) is 34.5 Å². The van der Waals surface area contributed by atoms with E-state index >= 15 is 0 Å². The van der Waals surface area contributed by atoms with Crippen LogP contribution in [-0.2, 0) is 9.84 Å². The van der Waals surface area contributed by atoms with E-state index in [4.69, 9.17) is 0 Å². The van der Waals surface area contributed by atoms with Gasteiger partial charge in [0, 0.05) is 23.7 Å². The van der Waals surface area contributed by atoms with Gasteiger partial charge in [0.25, 0.3) is 0 Å². The minimum atomic E-state index is -4.02. The molecule has 0 aliphatic carbocycles. The Balaban J connectivity index is 2.06. The average Bonchev–Trinajstić information content (AvgIpc) is 3.07. The molecule has 0 aliphatic heterocycles. The number of benzene rings is 1. The van der Waals surface area contributed by atoms with Crippen LogP contribution in [0, 0.1) is 12.7 Å². The molecule has 28 heavy (non-hydrogen) atoms. The molecular weight excluding hydrogens is 399 g/mol. The molecule has 0 spiro atoms. The lowest BCUT2D eigenvalue weighted by Crippen LogP contribution is -2.05. The number of hydrogen-bond donors (Lipinski definition) is 0. The molecule has 142 valence electrons. The van der Waals surface area contributed by atoms with E-state index in [1.54, 1.807) is 25.6 Å². The summed E-state index contributed by atoms with van der Waals surface area (Å²) in [5, 5.41) is 4.79. The third-order valence-electron chi connectivity index (χ3n) is 4.19. The number of halogens is 1. The highest BCUT2D eigenvalue weighted by molar-refractivity contribution is 7.99. The van der Waals surface area contributed by atoms with E-state index in [0.717, 1.165) is 11.6 Å². The average molecular weight is 414 g/mol. The van der Waals surface area contributed by atoms with Gasteiger partial charge in [-0.15, -0.1) is 11.8 Å². The zero-order valence-corrected chi connectivity index (χ0v) is 16.6. The number of rotatable bonds is 4. The van der Waals surface area contributed by atoms with E-state index < -0.39 is 15.7 Å². The number of aryl methyl sites for hydroxylation is 1. The highest BCUT2D eigenvalue weighted by atomic mass is 32.2. The van der Waals surface area contributed by atoms with Crippen molar-refractivity contribution >= 4 is 27.2 Å². The summed E-state index contributed by atoms with van der Waals surface area (Å²) in [6, 6.07) is 10.4. The van der Waals surface area contributed by atoms with Crippen LogP contribution in [0.1, 0.15) is 5.69 Å². The Morgan fingerprint density at radius 1 is 1.11 bits per heavy atom. The minimum absolute atomic E-state index is 0.0235. The van der Waals surface area contributed by atoms with Gasteiger partial charge in [-0.3, -0.25) is 4.98 Å². The van der Waals surface area contributed by atoms with Crippen molar-refractivity contribution in [3.05, 3.63) is 66.4 Å². The molecule has 0 saturated heterocycles. The number of aromatic nitrogens is 4. The van der Waals surface area contributed by atoms with Crippen molar-refractivity contribution in [1.29, 1.82) is 0 Å². The molecular formula is C19H15FN4O2S2. The van der Waals surface area contributed by atoms with Gasteiger partial charge in [-0.1, -0.05) is 6.07 Å². The Morgan fingerprint density at radius 2 is 1.86 bits per heavy atom. The molecule has 4 aromatic rings. The molecule has 0 atom stereocenters. The van der Waals surface area contributed by atoms with Crippen LogP contribution >= 0.6 is 11.8 Å². The van der Waals surface area contributed by atoms with Gasteiger partial charge in [0.2, 0.25) is 9.84 Å². The van der Waals surface area contributed by atoms with E-state index in [2.05, 4.69) is 15.1 Å². The Morgan fingerprint density at radius 3 is 2.54 bits per heavy atom. The molecule has 3 heterocycles. The zero-order chi connectivity index (χ0) is 19.9. The molecule has 0 bridgehead atoms. The third-order valence-corrected chi connectivity index (χ3v) is 6.78. The fraction of sp³-hybridized carbons (Fsp3) is 0.105. The second-order valence-electron chi connectivity index (χ2n) is 6.05. The molecule has 0 fully saturated rings. The van der Waals surface area contributed by atoms with Crippen LogP contribution in [0.4, 0.5) is 4.39 Å². The fourth-order valence-electron chi connectivity index (χ4n) is 2.95. The second-order valence-corrected chi connectivity index (χ2v) is 8.73. The van der Waals surface area contributed by atoms with Crippen LogP contribution in [0.3, 0.4) is 0 Å². The monoisotopic (exact) mass is 414 g/mol. The molecule has 1 aromatic carbocycles. The first-order chi connectivity index (χ1) is 13.4. The summed E-state index contributed by atoms with van der Waals surface area (Å²) in [5.41, 5.74) is 2.37. The van der Waals surface area contributed by atoms with Crippen molar-refractivity contribution in [2.75, 3.05) is 6.26 Å². The first kappa shape index (κ1) is 18.6. The summed E-state index contributed by atoms with van der Waals surface area (Å²) in [6.45, 7) is 1.79. The van der Waals surface area contributed by atoms with Gasteiger partial charge >= 0.3 is 0 Å². The van der Waals surface area contributed by atoms with Crippen molar-refractivity contribution in [2.45, 2.75) is 21.7 Å². The smallest absolute Gasteiger partial charge is 0.213 e. The summed E-state index contributed by atoms with van der Waals surface area (Å²) < 4.78 is 41.8. The van der Waals surface area contributed by atoms with Crippen molar-refractivity contribution in [3.63, 3.8) is 0 Å². The number of thioether (sulfide) groups is 1. The number of sulfone groups is 1. The molecule has 0 N–H and O–H groups in total. The third kappa shape index (κ3) is 3.06. The molecule has 0 saturated carbocycles. The Bertz CT molecular complexity index is 1290. The SMILES string of the molecule is CSc1nn2c(-c3ccncc3)cc(C)nc2c1S(=O)(=O)c1cccc(F)c1. The van der Waals surface area contributed by atoms with E-state index in [1.807, 2.05) is 18.2 Å². The van der Waals surface area contributed by atoms with Gasteiger partial charge in [0.05, 0.1) is 10.6 Å². The number of fused-ring (bicyclic) bond motifs is 1. The lowest BCUT2D eigenvalue weighted by Gasteiger charge is -2.07. The minimum Gasteiger partial charge on any atom is -0.265 e. The molecule has 3 aromatic heterocycles. The highest BCUT2D eigenvalue weighted by Crippen LogP contribution is 2.34. The lowest BCUT2D eigenvalue weighted by molar-refractivity contribution is 0.589. The van der Waals surface area contributed by atoms with Crippen LogP contribution in [-0.4, -0.2) is 34.3 Å². The molecule has 9 heteroatoms. The number of hydrogen-bond acceptors (Lipinski definition) is 6. The molecule has 0 aliphatic rings. The van der Waals surface area contributed by atoms with E-state index in [9.17, 15) is 12.8 Å². The molecule has 0 radical (unpaired) electrons. The zero-order valence-electron chi connectivity index (χ0n) is 15.0. The largest absolute Gasteiger partial charge is 0.265 e. The van der Waals surface area contributed by atoms with Crippen LogP contribution < -0.4 is 0 Å². The first-order valence-electron chi connectivity index (χ1n) is 8.27. The van der Waals surface area contributed by atoms with Gasteiger partial charge in [0.15, 0.2) is 10.5 Å². The lowest BCUT2D eigenvalue weighted by atomic mass is 10.2. The van der Waals surface area contributed by atoms with Crippen LogP contribution in [0.15, 0.2) is 69.7 Å². The van der Waals surface area contributed by atoms with Gasteiger partial charge in [-0.05, 0) is 49.6 Å². The van der Waals surface area contributed by atoms with Crippen LogP contribution in [0.25, 0.3) is 16.9 Å².